The van der Waals surface area contributed by atoms with Crippen LogP contribution in [0.5, 0.6) is 5.75 Å². The molecule has 2 aromatic carbocycles. The van der Waals surface area contributed by atoms with Crippen molar-refractivity contribution in [2.75, 3.05) is 45.2 Å². The van der Waals surface area contributed by atoms with Crippen LogP contribution in [0.25, 0.3) is 10.2 Å². The second-order valence-electron chi connectivity index (χ2n) is 7.20. The number of carbonyl (C=O) groups excluding carboxylic acids is 1. The van der Waals surface area contributed by atoms with E-state index in [9.17, 15) is 13.6 Å². The number of nitrogens with one attached hydrogen (secondary N) is 1. The van der Waals surface area contributed by atoms with Gasteiger partial charge in [-0.05, 0) is 35.9 Å². The normalized spacial score (nSPS) is 15.4. The molecule has 30 heavy (non-hydrogen) atoms. The first-order valence-corrected chi connectivity index (χ1v) is 10.4. The van der Waals surface area contributed by atoms with Gasteiger partial charge in [0.1, 0.15) is 5.82 Å². The van der Waals surface area contributed by atoms with E-state index in [0.717, 1.165) is 31.7 Å². The standard InChI is InChI=1S/C21H22F2N4O2S/c1-29-18-5-2-14(10-16(18)23)12-26-6-8-27(9-7-26)13-20(28)25-21-24-17-4-3-15(22)11-19(17)30-21/h2-5,10-11H,6-9,12-13H2,1H3,(H,24,25,28). The molecule has 0 bridgehead atoms. The van der Waals surface area contributed by atoms with Gasteiger partial charge in [-0.25, -0.2) is 13.8 Å². The minimum Gasteiger partial charge on any atom is -0.494 e. The number of carbonyl (C=O) groups is 1. The topological polar surface area (TPSA) is 57.7 Å². The van der Waals surface area contributed by atoms with Gasteiger partial charge < -0.3 is 10.1 Å². The number of piperazine rings is 1. The fraction of sp³-hybridized carbons (Fsp3) is 0.333. The number of ether oxygens (including phenoxy) is 1. The lowest BCUT2D eigenvalue weighted by molar-refractivity contribution is -0.117. The first-order valence-electron chi connectivity index (χ1n) is 9.63. The van der Waals surface area contributed by atoms with Crippen LogP contribution in [0.4, 0.5) is 13.9 Å². The molecule has 1 amide bonds. The molecule has 1 fully saturated rings. The number of hydrogen-bond acceptors (Lipinski definition) is 6. The molecule has 1 saturated heterocycles. The van der Waals surface area contributed by atoms with E-state index in [4.69, 9.17) is 4.74 Å². The Morgan fingerprint density at radius 2 is 1.90 bits per heavy atom. The van der Waals surface area contributed by atoms with Crippen molar-refractivity contribution >= 4 is 32.6 Å². The van der Waals surface area contributed by atoms with Crippen LogP contribution in [-0.2, 0) is 11.3 Å². The quantitative estimate of drug-likeness (QED) is 0.648. The van der Waals surface area contributed by atoms with Crippen LogP contribution in [0.15, 0.2) is 36.4 Å². The fourth-order valence-corrected chi connectivity index (χ4v) is 4.39. The number of aromatic nitrogens is 1. The van der Waals surface area contributed by atoms with Crippen molar-refractivity contribution in [2.45, 2.75) is 6.54 Å². The smallest absolute Gasteiger partial charge is 0.240 e. The molecule has 9 heteroatoms. The molecule has 0 radical (unpaired) electrons. The molecule has 158 valence electrons. The van der Waals surface area contributed by atoms with Gasteiger partial charge in [0.2, 0.25) is 5.91 Å². The number of thiazole rings is 1. The van der Waals surface area contributed by atoms with E-state index < -0.39 is 0 Å². The Balaban J connectivity index is 1.25. The molecule has 4 rings (SSSR count). The van der Waals surface area contributed by atoms with Crippen molar-refractivity contribution in [1.82, 2.24) is 14.8 Å². The summed E-state index contributed by atoms with van der Waals surface area (Å²) in [6, 6.07) is 9.38. The van der Waals surface area contributed by atoms with Crippen LogP contribution >= 0.6 is 11.3 Å². The highest BCUT2D eigenvalue weighted by atomic mass is 32.1. The summed E-state index contributed by atoms with van der Waals surface area (Å²) in [6.45, 7) is 4.01. The van der Waals surface area contributed by atoms with Gasteiger partial charge >= 0.3 is 0 Å². The Hall–Kier alpha value is -2.62. The van der Waals surface area contributed by atoms with Crippen molar-refractivity contribution < 1.29 is 18.3 Å². The van der Waals surface area contributed by atoms with Gasteiger partial charge in [-0.1, -0.05) is 17.4 Å². The summed E-state index contributed by atoms with van der Waals surface area (Å²) in [4.78, 5) is 21.0. The summed E-state index contributed by atoms with van der Waals surface area (Å²) in [6.07, 6.45) is 0. The Kier molecular flexibility index (Phi) is 6.21. The lowest BCUT2D eigenvalue weighted by Gasteiger charge is -2.34. The van der Waals surface area contributed by atoms with Crippen molar-refractivity contribution in [2.24, 2.45) is 0 Å². The third-order valence-electron chi connectivity index (χ3n) is 5.05. The van der Waals surface area contributed by atoms with Crippen LogP contribution < -0.4 is 10.1 Å². The number of benzene rings is 2. The van der Waals surface area contributed by atoms with Gasteiger partial charge in [-0.3, -0.25) is 14.6 Å². The van der Waals surface area contributed by atoms with Gasteiger partial charge in [0.25, 0.3) is 0 Å². The minimum atomic E-state index is -0.358. The molecule has 6 nitrogen and oxygen atoms in total. The van der Waals surface area contributed by atoms with Crippen LogP contribution in [0, 0.1) is 11.6 Å². The molecule has 0 spiro atoms. The van der Waals surface area contributed by atoms with E-state index in [1.54, 1.807) is 12.1 Å². The number of nitrogens with zero attached hydrogens (tertiary/aromatic N) is 3. The largest absolute Gasteiger partial charge is 0.494 e. The number of fused-ring (bicyclic) bond motifs is 1. The van der Waals surface area contributed by atoms with Crippen molar-refractivity contribution in [3.05, 3.63) is 53.6 Å². The van der Waals surface area contributed by atoms with Crippen molar-refractivity contribution in [3.8, 4) is 5.75 Å². The van der Waals surface area contributed by atoms with E-state index in [1.807, 2.05) is 6.07 Å². The second-order valence-corrected chi connectivity index (χ2v) is 8.23. The van der Waals surface area contributed by atoms with Crippen LogP contribution in [0.2, 0.25) is 0 Å². The second kappa shape index (κ2) is 9.03. The van der Waals surface area contributed by atoms with Crippen molar-refractivity contribution in [3.63, 3.8) is 0 Å². The lowest BCUT2D eigenvalue weighted by atomic mass is 10.2. The summed E-state index contributed by atoms with van der Waals surface area (Å²) in [5.41, 5.74) is 1.56. The number of rotatable bonds is 6. The molecule has 0 saturated carbocycles. The van der Waals surface area contributed by atoms with E-state index in [1.165, 1.54) is 36.6 Å². The fourth-order valence-electron chi connectivity index (χ4n) is 3.49. The summed E-state index contributed by atoms with van der Waals surface area (Å²) in [5, 5.41) is 3.28. The zero-order valence-electron chi connectivity index (χ0n) is 16.5. The number of anilines is 1. The summed E-state index contributed by atoms with van der Waals surface area (Å²) >= 11 is 1.26. The molecule has 0 atom stereocenters. The molecule has 1 aromatic heterocycles. The molecule has 2 heterocycles. The third-order valence-corrected chi connectivity index (χ3v) is 5.98. The number of hydrogen-bond donors (Lipinski definition) is 1. The SMILES string of the molecule is COc1ccc(CN2CCN(CC(=O)Nc3nc4ccc(F)cc4s3)CC2)cc1F. The van der Waals surface area contributed by atoms with E-state index in [0.29, 0.717) is 21.9 Å². The molecule has 1 aliphatic rings. The minimum absolute atomic E-state index is 0.139. The monoisotopic (exact) mass is 432 g/mol. The highest BCUT2D eigenvalue weighted by Crippen LogP contribution is 2.26. The van der Waals surface area contributed by atoms with Gasteiger partial charge in [0.15, 0.2) is 16.7 Å². The molecule has 0 aliphatic carbocycles. The predicted molar refractivity (Wildman–Crippen MR) is 113 cm³/mol. The average Bonchev–Trinajstić information content (AvgIpc) is 3.10. The van der Waals surface area contributed by atoms with Crippen molar-refractivity contribution in [1.29, 1.82) is 0 Å². The molecular weight excluding hydrogens is 410 g/mol. The molecule has 3 aromatic rings. The molecular formula is C21H22F2N4O2S. The Morgan fingerprint density at radius 3 is 2.63 bits per heavy atom. The average molecular weight is 432 g/mol. The van der Waals surface area contributed by atoms with Crippen LogP contribution in [0.3, 0.4) is 0 Å². The van der Waals surface area contributed by atoms with Gasteiger partial charge in [-0.2, -0.15) is 0 Å². The highest BCUT2D eigenvalue weighted by molar-refractivity contribution is 7.22. The Labute approximate surface area is 177 Å². The highest BCUT2D eigenvalue weighted by Gasteiger charge is 2.20. The van der Waals surface area contributed by atoms with E-state index in [2.05, 4.69) is 20.1 Å². The van der Waals surface area contributed by atoms with Gasteiger partial charge in [0.05, 0.1) is 23.9 Å². The van der Waals surface area contributed by atoms with Gasteiger partial charge in [-0.15, -0.1) is 0 Å². The summed E-state index contributed by atoms with van der Waals surface area (Å²) in [7, 11) is 1.45. The maximum Gasteiger partial charge on any atom is 0.240 e. The number of halogens is 2. The maximum atomic E-state index is 13.9. The first kappa shape index (κ1) is 20.6. The molecule has 1 aliphatic heterocycles. The van der Waals surface area contributed by atoms with E-state index >= 15 is 0 Å². The van der Waals surface area contributed by atoms with E-state index in [-0.39, 0.29) is 29.8 Å². The zero-order chi connectivity index (χ0) is 21.1. The van der Waals surface area contributed by atoms with Crippen LogP contribution in [-0.4, -0.2) is 60.5 Å². The Morgan fingerprint density at radius 1 is 1.13 bits per heavy atom. The number of amides is 1. The van der Waals surface area contributed by atoms with Gasteiger partial charge in [0, 0.05) is 32.7 Å². The third kappa shape index (κ3) is 4.92. The zero-order valence-corrected chi connectivity index (χ0v) is 17.3. The van der Waals surface area contributed by atoms with Crippen LogP contribution in [0.1, 0.15) is 5.56 Å². The molecule has 0 unspecified atom stereocenters. The molecule has 1 N–H and O–H groups in total. The summed E-state index contributed by atoms with van der Waals surface area (Å²) in [5.74, 6) is -0.574. The maximum absolute atomic E-state index is 13.9. The first-order chi connectivity index (χ1) is 14.5. The Bertz CT molecular complexity index is 1050. The summed E-state index contributed by atoms with van der Waals surface area (Å²) < 4.78 is 32.8. The number of methoxy groups -OCH3 is 1. The lowest BCUT2D eigenvalue weighted by Crippen LogP contribution is -2.48. The predicted octanol–water partition coefficient (Wildman–Crippen LogP) is 3.34.